The van der Waals surface area contributed by atoms with E-state index >= 15 is 0 Å². The monoisotopic (exact) mass is 311 g/mol. The maximum Gasteiger partial charge on any atom is 3.00 e. The van der Waals surface area contributed by atoms with Crippen LogP contribution < -0.4 is 24.8 Å². The molecule has 0 saturated carbocycles. The third-order valence-corrected chi connectivity index (χ3v) is 2.94. The Morgan fingerprint density at radius 3 is 2.08 bits per heavy atom. The summed E-state index contributed by atoms with van der Waals surface area (Å²) >= 11 is 0. The molecule has 1 aromatic rings. The van der Waals surface area contributed by atoms with E-state index in [-0.39, 0.29) is 51.0 Å². The third-order valence-electron chi connectivity index (χ3n) is 1.47. The maximum atomic E-state index is 2.40. The SMILES string of the molecule is C[Si](C)(C)Cc1cc[cH-]c1.[Cl-].[Cl-].[Zr+3]. The molecule has 0 N–H and O–H groups in total. The van der Waals surface area contributed by atoms with Gasteiger partial charge in [0.05, 0.1) is 0 Å². The Labute approximate surface area is 114 Å². The fourth-order valence-corrected chi connectivity index (χ4v) is 2.60. The van der Waals surface area contributed by atoms with Gasteiger partial charge in [0.1, 0.15) is 0 Å². The van der Waals surface area contributed by atoms with E-state index in [9.17, 15) is 0 Å². The topological polar surface area (TPSA) is 0 Å². The van der Waals surface area contributed by atoms with Crippen molar-refractivity contribution in [2.45, 2.75) is 25.7 Å². The van der Waals surface area contributed by atoms with E-state index in [4.69, 9.17) is 0 Å². The summed E-state index contributed by atoms with van der Waals surface area (Å²) in [6.07, 6.45) is 0. The van der Waals surface area contributed by atoms with Gasteiger partial charge in [-0.25, -0.2) is 11.6 Å². The predicted molar refractivity (Wildman–Crippen MR) is 49.1 cm³/mol. The molecule has 0 unspecified atom stereocenters. The van der Waals surface area contributed by atoms with Crippen LogP contribution in [-0.4, -0.2) is 8.07 Å². The quantitative estimate of drug-likeness (QED) is 0.399. The molecule has 0 aromatic heterocycles. The van der Waals surface area contributed by atoms with Crippen molar-refractivity contribution >= 4 is 8.07 Å². The molecule has 0 nitrogen and oxygen atoms in total. The third kappa shape index (κ3) is 9.34. The molecular weight excluding hydrogens is 298 g/mol. The average Bonchev–Trinajstić information content (AvgIpc) is 2.12. The molecule has 0 atom stereocenters. The van der Waals surface area contributed by atoms with E-state index in [1.807, 2.05) is 0 Å². The summed E-state index contributed by atoms with van der Waals surface area (Å²) in [5, 5.41) is 0. The van der Waals surface area contributed by atoms with Crippen molar-refractivity contribution < 1.29 is 51.0 Å². The van der Waals surface area contributed by atoms with Gasteiger partial charge in [-0.15, -0.1) is 0 Å². The van der Waals surface area contributed by atoms with Gasteiger partial charge in [0, 0.05) is 8.07 Å². The van der Waals surface area contributed by atoms with Gasteiger partial charge >= 0.3 is 26.2 Å². The van der Waals surface area contributed by atoms with Crippen molar-refractivity contribution in [3.8, 4) is 0 Å². The second-order valence-corrected chi connectivity index (χ2v) is 9.51. The minimum absolute atomic E-state index is 0. The first-order valence-corrected chi connectivity index (χ1v) is 7.49. The second kappa shape index (κ2) is 8.35. The van der Waals surface area contributed by atoms with Gasteiger partial charge in [-0.1, -0.05) is 25.7 Å². The molecule has 0 fully saturated rings. The van der Waals surface area contributed by atoms with Gasteiger partial charge in [0.2, 0.25) is 0 Å². The molecule has 0 amide bonds. The first-order chi connectivity index (χ1) is 4.58. The molecule has 1 radical (unpaired) electrons. The molecule has 0 aliphatic rings. The van der Waals surface area contributed by atoms with Crippen molar-refractivity contribution in [2.75, 3.05) is 0 Å². The Balaban J connectivity index is -0.000000333. The molecule has 0 aliphatic carbocycles. The van der Waals surface area contributed by atoms with Gasteiger partial charge in [0.15, 0.2) is 0 Å². The van der Waals surface area contributed by atoms with Gasteiger partial charge in [-0.05, 0) is 0 Å². The van der Waals surface area contributed by atoms with Crippen LogP contribution in [0.4, 0.5) is 0 Å². The summed E-state index contributed by atoms with van der Waals surface area (Å²) < 4.78 is 0. The molecule has 1 aromatic carbocycles. The molecule has 13 heavy (non-hydrogen) atoms. The zero-order valence-corrected chi connectivity index (χ0v) is 13.2. The minimum atomic E-state index is -0.862. The van der Waals surface area contributed by atoms with Crippen LogP contribution in [-0.2, 0) is 32.2 Å². The number of halogens is 2. The summed E-state index contributed by atoms with van der Waals surface area (Å²) in [5.41, 5.74) is 1.51. The molecule has 73 valence electrons. The van der Waals surface area contributed by atoms with E-state index in [2.05, 4.69) is 43.9 Å². The van der Waals surface area contributed by atoms with Crippen molar-refractivity contribution in [1.82, 2.24) is 0 Å². The Bertz CT molecular complexity index is 192. The Morgan fingerprint density at radius 1 is 1.23 bits per heavy atom. The average molecular weight is 313 g/mol. The van der Waals surface area contributed by atoms with E-state index < -0.39 is 8.07 Å². The fraction of sp³-hybridized carbons (Fsp3) is 0.444. The summed E-state index contributed by atoms with van der Waals surface area (Å²) in [6.45, 7) is 7.21. The molecule has 4 heteroatoms. The van der Waals surface area contributed by atoms with Crippen LogP contribution >= 0.6 is 0 Å². The molecule has 0 saturated heterocycles. The van der Waals surface area contributed by atoms with E-state index in [0.717, 1.165) is 0 Å². The first-order valence-electron chi connectivity index (χ1n) is 3.78. The summed E-state index contributed by atoms with van der Waals surface area (Å²) in [6, 6.07) is 10.0. The molecular formula is C9H15Cl2SiZr. The van der Waals surface area contributed by atoms with Crippen LogP contribution in [0.25, 0.3) is 0 Å². The standard InChI is InChI=1S/C9H15Si.2ClH.Zr/c1-10(2,3)8-9-6-4-5-7-9;;;/h4-7H,8H2,1-3H3;2*1H;/q-1;;;+3/p-2. The smallest absolute Gasteiger partial charge is 1.00 e. The maximum absolute atomic E-state index is 2.40. The number of hydrogen-bond donors (Lipinski definition) is 0. The van der Waals surface area contributed by atoms with Gasteiger partial charge in [0.25, 0.3) is 0 Å². The van der Waals surface area contributed by atoms with Crippen LogP contribution in [0.2, 0.25) is 19.6 Å². The molecule has 0 spiro atoms. The molecule has 1 rings (SSSR count). The largest absolute Gasteiger partial charge is 3.00 e. The van der Waals surface area contributed by atoms with Gasteiger partial charge in [-0.3, -0.25) is 0 Å². The van der Waals surface area contributed by atoms with Crippen molar-refractivity contribution in [3.05, 3.63) is 29.8 Å². The minimum Gasteiger partial charge on any atom is -1.00 e. The summed E-state index contributed by atoms with van der Waals surface area (Å²) in [5.74, 6) is 0. The molecule has 0 heterocycles. The van der Waals surface area contributed by atoms with Crippen molar-refractivity contribution in [3.63, 3.8) is 0 Å². The Hall–Kier alpha value is 1.03. The van der Waals surface area contributed by atoms with Crippen LogP contribution in [0.15, 0.2) is 24.3 Å². The van der Waals surface area contributed by atoms with Crippen LogP contribution in [0.5, 0.6) is 0 Å². The Morgan fingerprint density at radius 2 is 1.77 bits per heavy atom. The van der Waals surface area contributed by atoms with Crippen LogP contribution in [0.3, 0.4) is 0 Å². The zero-order chi connectivity index (χ0) is 7.61. The second-order valence-electron chi connectivity index (χ2n) is 4.03. The number of rotatable bonds is 2. The van der Waals surface area contributed by atoms with Crippen LogP contribution in [0, 0.1) is 0 Å². The van der Waals surface area contributed by atoms with Crippen molar-refractivity contribution in [1.29, 1.82) is 0 Å². The summed E-state index contributed by atoms with van der Waals surface area (Å²) in [7, 11) is -0.862. The summed E-state index contributed by atoms with van der Waals surface area (Å²) in [4.78, 5) is 0. The van der Waals surface area contributed by atoms with E-state index in [1.165, 1.54) is 11.6 Å². The van der Waals surface area contributed by atoms with E-state index in [1.54, 1.807) is 0 Å². The molecule has 0 bridgehead atoms. The first kappa shape index (κ1) is 19.6. The van der Waals surface area contributed by atoms with Crippen LogP contribution in [0.1, 0.15) is 5.56 Å². The van der Waals surface area contributed by atoms with Crippen molar-refractivity contribution in [2.24, 2.45) is 0 Å². The Kier molecular flexibility index (Phi) is 12.6. The molecule has 0 aliphatic heterocycles. The fourth-order valence-electron chi connectivity index (χ4n) is 1.14. The normalized spacial score (nSPS) is 9.15. The predicted octanol–water partition coefficient (Wildman–Crippen LogP) is -3.17. The van der Waals surface area contributed by atoms with Gasteiger partial charge in [-0.2, -0.15) is 18.2 Å². The zero-order valence-electron chi connectivity index (χ0n) is 8.27. The van der Waals surface area contributed by atoms with Gasteiger partial charge < -0.3 is 24.8 Å². The number of hydrogen-bond acceptors (Lipinski definition) is 0. The van der Waals surface area contributed by atoms with E-state index in [0.29, 0.717) is 0 Å².